The summed E-state index contributed by atoms with van der Waals surface area (Å²) in [5.74, 6) is 0.761. The highest BCUT2D eigenvalue weighted by atomic mass is 35.5. The van der Waals surface area contributed by atoms with Gasteiger partial charge in [-0.25, -0.2) is 0 Å². The van der Waals surface area contributed by atoms with Gasteiger partial charge in [0, 0.05) is 12.6 Å². The Kier molecular flexibility index (Phi) is 5.64. The van der Waals surface area contributed by atoms with E-state index in [0.29, 0.717) is 17.7 Å². The maximum atomic E-state index is 6.10. The zero-order valence-electron chi connectivity index (χ0n) is 10.2. The third kappa shape index (κ3) is 4.03. The largest absolute Gasteiger partial charge is 0.492 e. The van der Waals surface area contributed by atoms with Gasteiger partial charge < -0.3 is 10.1 Å². The van der Waals surface area contributed by atoms with Crippen molar-refractivity contribution in [2.24, 2.45) is 0 Å². The molecule has 0 heterocycles. The first-order chi connectivity index (χ1) is 7.67. The van der Waals surface area contributed by atoms with Gasteiger partial charge in [-0.3, -0.25) is 0 Å². The maximum Gasteiger partial charge on any atom is 0.137 e. The van der Waals surface area contributed by atoms with Gasteiger partial charge in [-0.1, -0.05) is 24.6 Å². The van der Waals surface area contributed by atoms with Crippen molar-refractivity contribution in [1.29, 1.82) is 0 Å². The molecule has 0 spiro atoms. The van der Waals surface area contributed by atoms with E-state index in [9.17, 15) is 0 Å². The predicted molar refractivity (Wildman–Crippen MR) is 69.2 cm³/mol. The fraction of sp³-hybridized carbons (Fsp3) is 0.538. The van der Waals surface area contributed by atoms with Crippen LogP contribution in [0.1, 0.15) is 32.8 Å². The molecule has 0 aliphatic carbocycles. The Bertz CT molecular complexity index is 328. The molecular formula is C13H20ClNO. The number of nitrogens with one attached hydrogen (secondary N) is 1. The van der Waals surface area contributed by atoms with Gasteiger partial charge in [-0.05, 0) is 38.0 Å². The lowest BCUT2D eigenvalue weighted by atomic mass is 10.2. The minimum Gasteiger partial charge on any atom is -0.492 e. The zero-order chi connectivity index (χ0) is 12.0. The lowest BCUT2D eigenvalue weighted by molar-refractivity contribution is 0.340. The van der Waals surface area contributed by atoms with Crippen molar-refractivity contribution in [2.45, 2.75) is 39.8 Å². The fourth-order valence-electron chi connectivity index (χ4n) is 1.36. The topological polar surface area (TPSA) is 21.3 Å². The second-order valence-corrected chi connectivity index (χ2v) is 4.30. The van der Waals surface area contributed by atoms with Gasteiger partial charge in [0.1, 0.15) is 5.75 Å². The van der Waals surface area contributed by atoms with E-state index in [4.69, 9.17) is 16.3 Å². The zero-order valence-corrected chi connectivity index (χ0v) is 11.0. The van der Waals surface area contributed by atoms with Crippen LogP contribution in [0.2, 0.25) is 5.02 Å². The van der Waals surface area contributed by atoms with E-state index in [1.165, 1.54) is 5.56 Å². The van der Waals surface area contributed by atoms with Crippen LogP contribution in [0.3, 0.4) is 0 Å². The van der Waals surface area contributed by atoms with E-state index in [1.54, 1.807) is 0 Å². The van der Waals surface area contributed by atoms with Crippen molar-refractivity contribution in [3.63, 3.8) is 0 Å². The molecule has 16 heavy (non-hydrogen) atoms. The standard InChI is InChI=1S/C13H20ClNO/c1-4-10(3)15-9-11-6-7-13(16-5-2)12(14)8-11/h6-8,10,15H,4-5,9H2,1-3H3/t10-/m1/s1. The Balaban J connectivity index is 2.59. The van der Waals surface area contributed by atoms with Crippen LogP contribution in [0.15, 0.2) is 18.2 Å². The summed E-state index contributed by atoms with van der Waals surface area (Å²) in [6.07, 6.45) is 1.13. The van der Waals surface area contributed by atoms with Gasteiger partial charge >= 0.3 is 0 Å². The van der Waals surface area contributed by atoms with E-state index < -0.39 is 0 Å². The number of benzene rings is 1. The Morgan fingerprint density at radius 3 is 2.69 bits per heavy atom. The molecule has 0 saturated carbocycles. The van der Waals surface area contributed by atoms with Crippen molar-refractivity contribution in [2.75, 3.05) is 6.61 Å². The lowest BCUT2D eigenvalue weighted by Crippen LogP contribution is -2.24. The third-order valence-corrected chi connectivity index (χ3v) is 2.86. The second-order valence-electron chi connectivity index (χ2n) is 3.89. The summed E-state index contributed by atoms with van der Waals surface area (Å²) in [7, 11) is 0. The molecule has 1 aromatic rings. The SMILES string of the molecule is CCOc1ccc(CN[C@H](C)CC)cc1Cl. The fourth-order valence-corrected chi connectivity index (χ4v) is 1.62. The molecular weight excluding hydrogens is 222 g/mol. The Labute approximate surface area is 103 Å². The van der Waals surface area contributed by atoms with Gasteiger partial charge in [-0.15, -0.1) is 0 Å². The lowest BCUT2D eigenvalue weighted by Gasteiger charge is -2.12. The molecule has 0 bridgehead atoms. The van der Waals surface area contributed by atoms with Gasteiger partial charge in [0.05, 0.1) is 11.6 Å². The van der Waals surface area contributed by atoms with Crippen LogP contribution in [0.5, 0.6) is 5.75 Å². The van der Waals surface area contributed by atoms with Gasteiger partial charge in [0.25, 0.3) is 0 Å². The number of hydrogen-bond donors (Lipinski definition) is 1. The normalized spacial score (nSPS) is 12.5. The van der Waals surface area contributed by atoms with Crippen LogP contribution in [-0.2, 0) is 6.54 Å². The van der Waals surface area contributed by atoms with Crippen molar-refractivity contribution in [3.05, 3.63) is 28.8 Å². The molecule has 0 saturated heterocycles. The number of ether oxygens (including phenoxy) is 1. The Hall–Kier alpha value is -0.730. The van der Waals surface area contributed by atoms with Crippen molar-refractivity contribution >= 4 is 11.6 Å². The molecule has 1 N–H and O–H groups in total. The molecule has 0 unspecified atom stereocenters. The second kappa shape index (κ2) is 6.77. The molecule has 0 aromatic heterocycles. The molecule has 90 valence electrons. The van der Waals surface area contributed by atoms with Crippen LogP contribution in [0, 0.1) is 0 Å². The van der Waals surface area contributed by atoms with E-state index in [2.05, 4.69) is 19.2 Å². The molecule has 0 amide bonds. The highest BCUT2D eigenvalue weighted by Gasteiger charge is 2.03. The van der Waals surface area contributed by atoms with Crippen molar-refractivity contribution < 1.29 is 4.74 Å². The van der Waals surface area contributed by atoms with Crippen molar-refractivity contribution in [3.8, 4) is 5.75 Å². The van der Waals surface area contributed by atoms with Crippen molar-refractivity contribution in [1.82, 2.24) is 5.32 Å². The van der Waals surface area contributed by atoms with E-state index in [-0.39, 0.29) is 0 Å². The summed E-state index contributed by atoms with van der Waals surface area (Å²) in [4.78, 5) is 0. The molecule has 0 aliphatic heterocycles. The van der Waals surface area contributed by atoms with Gasteiger partial charge in [-0.2, -0.15) is 0 Å². The molecule has 1 atom stereocenters. The monoisotopic (exact) mass is 241 g/mol. The maximum absolute atomic E-state index is 6.10. The Morgan fingerprint density at radius 1 is 1.38 bits per heavy atom. The summed E-state index contributed by atoms with van der Waals surface area (Å²) < 4.78 is 5.39. The smallest absolute Gasteiger partial charge is 0.137 e. The molecule has 2 nitrogen and oxygen atoms in total. The highest BCUT2D eigenvalue weighted by Crippen LogP contribution is 2.25. The summed E-state index contributed by atoms with van der Waals surface area (Å²) >= 11 is 6.10. The molecule has 0 radical (unpaired) electrons. The average Bonchev–Trinajstić information content (AvgIpc) is 2.29. The number of hydrogen-bond acceptors (Lipinski definition) is 2. The number of rotatable bonds is 6. The average molecular weight is 242 g/mol. The number of halogens is 1. The molecule has 3 heteroatoms. The van der Waals surface area contributed by atoms with Crippen LogP contribution < -0.4 is 10.1 Å². The summed E-state index contributed by atoms with van der Waals surface area (Å²) in [5.41, 5.74) is 1.19. The molecule has 0 aliphatic rings. The third-order valence-electron chi connectivity index (χ3n) is 2.56. The van der Waals surface area contributed by atoms with E-state index >= 15 is 0 Å². The summed E-state index contributed by atoms with van der Waals surface area (Å²) in [6, 6.07) is 6.47. The Morgan fingerprint density at radius 2 is 2.12 bits per heavy atom. The predicted octanol–water partition coefficient (Wildman–Crippen LogP) is 3.63. The van der Waals surface area contributed by atoms with Crippen LogP contribution in [0.4, 0.5) is 0 Å². The minimum atomic E-state index is 0.533. The summed E-state index contributed by atoms with van der Waals surface area (Å²) in [6.45, 7) is 7.79. The first kappa shape index (κ1) is 13.3. The van der Waals surface area contributed by atoms with Gasteiger partial charge in [0.2, 0.25) is 0 Å². The highest BCUT2D eigenvalue weighted by molar-refractivity contribution is 6.32. The quantitative estimate of drug-likeness (QED) is 0.821. The van der Waals surface area contributed by atoms with E-state index in [1.807, 2.05) is 25.1 Å². The first-order valence-corrected chi connectivity index (χ1v) is 6.19. The van der Waals surface area contributed by atoms with Crippen LogP contribution in [-0.4, -0.2) is 12.6 Å². The first-order valence-electron chi connectivity index (χ1n) is 5.82. The molecule has 0 fully saturated rings. The molecule has 1 rings (SSSR count). The van der Waals surface area contributed by atoms with Crippen LogP contribution in [0.25, 0.3) is 0 Å². The van der Waals surface area contributed by atoms with Gasteiger partial charge in [0.15, 0.2) is 0 Å². The van der Waals surface area contributed by atoms with E-state index in [0.717, 1.165) is 18.7 Å². The summed E-state index contributed by atoms with van der Waals surface area (Å²) in [5, 5.41) is 4.11. The minimum absolute atomic E-state index is 0.533. The van der Waals surface area contributed by atoms with Crippen LogP contribution >= 0.6 is 11.6 Å². The molecule has 1 aromatic carbocycles.